The van der Waals surface area contributed by atoms with Crippen molar-refractivity contribution in [1.29, 1.82) is 0 Å². The molecule has 1 aromatic carbocycles. The predicted octanol–water partition coefficient (Wildman–Crippen LogP) is 1.23. The Morgan fingerprint density at radius 3 is 2.89 bits per heavy atom. The predicted molar refractivity (Wildman–Crippen MR) is 70.7 cm³/mol. The van der Waals surface area contributed by atoms with Crippen LogP contribution in [-0.2, 0) is 13.1 Å². The van der Waals surface area contributed by atoms with Crippen LogP contribution >= 0.6 is 0 Å². The van der Waals surface area contributed by atoms with E-state index in [1.165, 1.54) is 6.07 Å². The first-order valence-corrected chi connectivity index (χ1v) is 6.05. The van der Waals surface area contributed by atoms with E-state index in [1.807, 2.05) is 14.0 Å². The Balaban J connectivity index is 2.77. The molecule has 1 heterocycles. The first kappa shape index (κ1) is 12.6. The van der Waals surface area contributed by atoms with Crippen LogP contribution in [0.15, 0.2) is 23.0 Å². The molecular formula is C13H17N3O2. The summed E-state index contributed by atoms with van der Waals surface area (Å²) in [6.07, 6.45) is 0.845. The van der Waals surface area contributed by atoms with Gasteiger partial charge in [0.05, 0.1) is 12.1 Å². The molecule has 0 aliphatic heterocycles. The number of rotatable bonds is 4. The van der Waals surface area contributed by atoms with E-state index in [-0.39, 0.29) is 11.3 Å². The third-order valence-electron chi connectivity index (χ3n) is 2.82. The van der Waals surface area contributed by atoms with Gasteiger partial charge < -0.3 is 10.4 Å². The van der Waals surface area contributed by atoms with Crippen LogP contribution in [-0.4, -0.2) is 21.7 Å². The van der Waals surface area contributed by atoms with Crippen LogP contribution in [0.3, 0.4) is 0 Å². The molecule has 0 bridgehead atoms. The third kappa shape index (κ3) is 2.09. The van der Waals surface area contributed by atoms with Gasteiger partial charge in [-0.3, -0.25) is 9.36 Å². The number of benzene rings is 1. The molecule has 0 aliphatic rings. The van der Waals surface area contributed by atoms with Crippen LogP contribution in [0.5, 0.6) is 5.75 Å². The lowest BCUT2D eigenvalue weighted by Crippen LogP contribution is -2.27. The number of nitrogens with zero attached hydrogens (tertiary/aromatic N) is 2. The minimum absolute atomic E-state index is 0.00846. The van der Waals surface area contributed by atoms with Crippen molar-refractivity contribution in [3.05, 3.63) is 34.4 Å². The first-order valence-electron chi connectivity index (χ1n) is 6.05. The summed E-state index contributed by atoms with van der Waals surface area (Å²) in [5.74, 6) is 0.688. The van der Waals surface area contributed by atoms with E-state index >= 15 is 0 Å². The van der Waals surface area contributed by atoms with Crippen molar-refractivity contribution >= 4 is 10.9 Å². The molecule has 18 heavy (non-hydrogen) atoms. The maximum Gasteiger partial charge on any atom is 0.265 e. The highest BCUT2D eigenvalue weighted by molar-refractivity contribution is 5.83. The SMILES string of the molecule is CCCn1c(CNC)nc2cccc(O)c2c1=O. The molecule has 0 radical (unpaired) electrons. The summed E-state index contributed by atoms with van der Waals surface area (Å²) in [4.78, 5) is 16.8. The Labute approximate surface area is 105 Å². The molecule has 0 aliphatic carbocycles. The van der Waals surface area contributed by atoms with Crippen molar-refractivity contribution in [3.8, 4) is 5.75 Å². The number of phenolic OH excluding ortho intramolecular Hbond substituents is 1. The third-order valence-corrected chi connectivity index (χ3v) is 2.82. The van der Waals surface area contributed by atoms with Gasteiger partial charge in [0.25, 0.3) is 5.56 Å². The molecule has 96 valence electrons. The molecule has 2 aromatic rings. The summed E-state index contributed by atoms with van der Waals surface area (Å²) in [7, 11) is 1.81. The molecule has 0 amide bonds. The molecule has 5 heteroatoms. The van der Waals surface area contributed by atoms with Crippen LogP contribution in [0, 0.1) is 0 Å². The molecule has 0 unspecified atom stereocenters. The van der Waals surface area contributed by atoms with E-state index < -0.39 is 0 Å². The Morgan fingerprint density at radius 2 is 2.22 bits per heavy atom. The average molecular weight is 247 g/mol. The van der Waals surface area contributed by atoms with Crippen molar-refractivity contribution in [2.45, 2.75) is 26.4 Å². The van der Waals surface area contributed by atoms with Gasteiger partial charge in [-0.15, -0.1) is 0 Å². The maximum atomic E-state index is 12.4. The maximum absolute atomic E-state index is 12.4. The normalized spacial score (nSPS) is 11.0. The monoisotopic (exact) mass is 247 g/mol. The van der Waals surface area contributed by atoms with Gasteiger partial charge in [-0.25, -0.2) is 4.98 Å². The number of aromatic nitrogens is 2. The summed E-state index contributed by atoms with van der Waals surface area (Å²) in [6.45, 7) is 3.14. The summed E-state index contributed by atoms with van der Waals surface area (Å²) in [5.41, 5.74) is 0.364. The molecule has 2 rings (SSSR count). The van der Waals surface area contributed by atoms with E-state index in [0.717, 1.165) is 6.42 Å². The van der Waals surface area contributed by atoms with Gasteiger partial charge in [0.2, 0.25) is 0 Å². The quantitative estimate of drug-likeness (QED) is 0.852. The molecule has 1 aromatic heterocycles. The lowest BCUT2D eigenvalue weighted by Gasteiger charge is -2.12. The van der Waals surface area contributed by atoms with E-state index in [2.05, 4.69) is 10.3 Å². The standard InChI is InChI=1S/C13H17N3O2/c1-3-7-16-11(8-14-2)15-9-5-4-6-10(17)12(9)13(16)18/h4-6,14,17H,3,7-8H2,1-2H3. The zero-order chi connectivity index (χ0) is 13.1. The van der Waals surface area contributed by atoms with Gasteiger partial charge in [0.15, 0.2) is 0 Å². The molecular weight excluding hydrogens is 230 g/mol. The van der Waals surface area contributed by atoms with Crippen LogP contribution in [0.2, 0.25) is 0 Å². The number of phenols is 1. The van der Waals surface area contributed by atoms with E-state index in [4.69, 9.17) is 0 Å². The summed E-state index contributed by atoms with van der Waals surface area (Å²) >= 11 is 0. The average Bonchev–Trinajstić information content (AvgIpc) is 2.34. The largest absolute Gasteiger partial charge is 0.507 e. The smallest absolute Gasteiger partial charge is 0.265 e. The lowest BCUT2D eigenvalue weighted by atomic mass is 10.2. The fourth-order valence-corrected chi connectivity index (χ4v) is 2.04. The van der Waals surface area contributed by atoms with Crippen molar-refractivity contribution in [3.63, 3.8) is 0 Å². The highest BCUT2D eigenvalue weighted by Gasteiger charge is 2.12. The molecule has 0 spiro atoms. The molecule has 0 fully saturated rings. The second-order valence-corrected chi connectivity index (χ2v) is 4.19. The summed E-state index contributed by atoms with van der Waals surface area (Å²) < 4.78 is 1.62. The zero-order valence-corrected chi connectivity index (χ0v) is 10.6. The fourth-order valence-electron chi connectivity index (χ4n) is 2.04. The van der Waals surface area contributed by atoms with Crippen molar-refractivity contribution in [2.24, 2.45) is 0 Å². The second kappa shape index (κ2) is 5.18. The van der Waals surface area contributed by atoms with Gasteiger partial charge in [0.1, 0.15) is 17.0 Å². The number of hydrogen-bond donors (Lipinski definition) is 2. The Morgan fingerprint density at radius 1 is 1.44 bits per heavy atom. The first-order chi connectivity index (χ1) is 8.69. The highest BCUT2D eigenvalue weighted by atomic mass is 16.3. The minimum Gasteiger partial charge on any atom is -0.507 e. The van der Waals surface area contributed by atoms with Crippen molar-refractivity contribution < 1.29 is 5.11 Å². The number of hydrogen-bond acceptors (Lipinski definition) is 4. The van der Waals surface area contributed by atoms with E-state index in [9.17, 15) is 9.90 Å². The van der Waals surface area contributed by atoms with Gasteiger partial charge in [0, 0.05) is 6.54 Å². The Hall–Kier alpha value is -1.88. The van der Waals surface area contributed by atoms with Gasteiger partial charge >= 0.3 is 0 Å². The van der Waals surface area contributed by atoms with Crippen LogP contribution in [0.1, 0.15) is 19.2 Å². The number of aromatic hydroxyl groups is 1. The Kier molecular flexibility index (Phi) is 3.62. The van der Waals surface area contributed by atoms with Gasteiger partial charge in [-0.2, -0.15) is 0 Å². The fraction of sp³-hybridized carbons (Fsp3) is 0.385. The van der Waals surface area contributed by atoms with Crippen LogP contribution in [0.25, 0.3) is 10.9 Å². The van der Waals surface area contributed by atoms with Crippen molar-refractivity contribution in [1.82, 2.24) is 14.9 Å². The molecule has 0 saturated carbocycles. The topological polar surface area (TPSA) is 67.2 Å². The number of fused-ring (bicyclic) bond motifs is 1. The minimum atomic E-state index is -0.176. The number of nitrogens with one attached hydrogen (secondary N) is 1. The highest BCUT2D eigenvalue weighted by Crippen LogP contribution is 2.19. The van der Waals surface area contributed by atoms with E-state index in [0.29, 0.717) is 29.8 Å². The molecule has 0 saturated heterocycles. The van der Waals surface area contributed by atoms with Crippen LogP contribution in [0.4, 0.5) is 0 Å². The molecule has 5 nitrogen and oxygen atoms in total. The molecule has 2 N–H and O–H groups in total. The zero-order valence-electron chi connectivity index (χ0n) is 10.6. The molecule has 0 atom stereocenters. The summed E-state index contributed by atoms with van der Waals surface area (Å²) in [5, 5.41) is 13.1. The second-order valence-electron chi connectivity index (χ2n) is 4.19. The Bertz CT molecular complexity index is 619. The van der Waals surface area contributed by atoms with Crippen LogP contribution < -0.4 is 10.9 Å². The van der Waals surface area contributed by atoms with Gasteiger partial charge in [-0.1, -0.05) is 13.0 Å². The van der Waals surface area contributed by atoms with Gasteiger partial charge in [-0.05, 0) is 25.6 Å². The van der Waals surface area contributed by atoms with Crippen molar-refractivity contribution in [2.75, 3.05) is 7.05 Å². The lowest BCUT2D eigenvalue weighted by molar-refractivity contribution is 0.479. The summed E-state index contributed by atoms with van der Waals surface area (Å²) in [6, 6.07) is 4.95. The van der Waals surface area contributed by atoms with E-state index in [1.54, 1.807) is 16.7 Å².